The second-order valence-corrected chi connectivity index (χ2v) is 6.29. The topological polar surface area (TPSA) is 62.2 Å². The average Bonchev–Trinajstić information content (AvgIpc) is 3.01. The molecule has 7 heteroatoms. The van der Waals surface area contributed by atoms with Crippen LogP contribution in [-0.2, 0) is 13.5 Å². The molecular weight excluding hydrogens is 321 g/mol. The lowest BCUT2D eigenvalue weighted by molar-refractivity contribution is 0.252. The molecule has 1 aliphatic rings. The van der Waals surface area contributed by atoms with Gasteiger partial charge in [-0.1, -0.05) is 0 Å². The summed E-state index contributed by atoms with van der Waals surface area (Å²) in [7, 11) is 1.87. The molecule has 0 unspecified atom stereocenters. The zero-order valence-electron chi connectivity index (χ0n) is 14.5. The van der Waals surface area contributed by atoms with Crippen molar-refractivity contribution >= 4 is 17.4 Å². The fraction of sp³-hybridized carbons (Fsp3) is 0.444. The predicted molar refractivity (Wildman–Crippen MR) is 96.4 cm³/mol. The predicted octanol–water partition coefficient (Wildman–Crippen LogP) is 2.91. The van der Waals surface area contributed by atoms with E-state index in [-0.39, 0.29) is 11.8 Å². The highest BCUT2D eigenvalue weighted by atomic mass is 19.1. The largest absolute Gasteiger partial charge is 0.370 e. The number of rotatable bonds is 5. The Labute approximate surface area is 147 Å². The van der Waals surface area contributed by atoms with Crippen LogP contribution in [0.1, 0.15) is 25.0 Å². The van der Waals surface area contributed by atoms with E-state index >= 15 is 0 Å². The second kappa shape index (κ2) is 8.00. The summed E-state index contributed by atoms with van der Waals surface area (Å²) >= 11 is 0. The zero-order valence-corrected chi connectivity index (χ0v) is 14.5. The standard InChI is InChI=1S/C18H24FN5O/c1-23-15(8-10-21-23)7-9-20-18(25)22-16-13-14(19)5-6-17(16)24-11-3-2-4-12-24/h5-6,8,10,13H,2-4,7,9,11-12H2,1H3,(H2,20,22,25). The van der Waals surface area contributed by atoms with Crippen LogP contribution in [0, 0.1) is 5.82 Å². The Hall–Kier alpha value is -2.57. The number of anilines is 2. The minimum absolute atomic E-state index is 0.328. The summed E-state index contributed by atoms with van der Waals surface area (Å²) in [6.07, 6.45) is 5.87. The molecule has 0 atom stereocenters. The molecule has 0 spiro atoms. The SMILES string of the molecule is Cn1nccc1CCNC(=O)Nc1cc(F)ccc1N1CCCCC1. The molecular formula is C18H24FN5O. The van der Waals surface area contributed by atoms with Gasteiger partial charge in [-0.05, 0) is 43.5 Å². The van der Waals surface area contributed by atoms with E-state index in [1.807, 2.05) is 13.1 Å². The molecule has 1 aliphatic heterocycles. The highest BCUT2D eigenvalue weighted by Crippen LogP contribution is 2.29. The number of halogens is 1. The third kappa shape index (κ3) is 4.49. The van der Waals surface area contributed by atoms with Gasteiger partial charge in [-0.3, -0.25) is 4.68 Å². The van der Waals surface area contributed by atoms with Crippen molar-refractivity contribution in [3.05, 3.63) is 42.0 Å². The van der Waals surface area contributed by atoms with Gasteiger partial charge < -0.3 is 15.5 Å². The maximum Gasteiger partial charge on any atom is 0.319 e. The summed E-state index contributed by atoms with van der Waals surface area (Å²) in [6, 6.07) is 6.15. The lowest BCUT2D eigenvalue weighted by atomic mass is 10.1. The van der Waals surface area contributed by atoms with Crippen molar-refractivity contribution in [3.8, 4) is 0 Å². The summed E-state index contributed by atoms with van der Waals surface area (Å²) < 4.78 is 15.4. The molecule has 2 amide bonds. The van der Waals surface area contributed by atoms with Crippen LogP contribution in [0.5, 0.6) is 0 Å². The third-order valence-corrected chi connectivity index (χ3v) is 4.49. The fourth-order valence-electron chi connectivity index (χ4n) is 3.14. The van der Waals surface area contributed by atoms with Crippen LogP contribution in [-0.4, -0.2) is 35.4 Å². The first-order valence-electron chi connectivity index (χ1n) is 8.70. The van der Waals surface area contributed by atoms with Crippen LogP contribution in [0.15, 0.2) is 30.5 Å². The molecule has 0 radical (unpaired) electrons. The number of amides is 2. The molecule has 25 heavy (non-hydrogen) atoms. The van der Waals surface area contributed by atoms with Gasteiger partial charge in [0.1, 0.15) is 5.82 Å². The normalized spacial score (nSPS) is 14.4. The van der Waals surface area contributed by atoms with Gasteiger partial charge >= 0.3 is 6.03 Å². The van der Waals surface area contributed by atoms with Gasteiger partial charge in [0, 0.05) is 45.0 Å². The van der Waals surface area contributed by atoms with Gasteiger partial charge in [-0.2, -0.15) is 5.10 Å². The van der Waals surface area contributed by atoms with E-state index in [9.17, 15) is 9.18 Å². The Balaban J connectivity index is 1.60. The summed E-state index contributed by atoms with van der Waals surface area (Å²) in [5.74, 6) is -0.356. The van der Waals surface area contributed by atoms with Crippen LogP contribution in [0.2, 0.25) is 0 Å². The molecule has 2 N–H and O–H groups in total. The molecule has 2 heterocycles. The molecule has 6 nitrogen and oxygen atoms in total. The number of piperidine rings is 1. The first kappa shape index (κ1) is 17.3. The number of nitrogens with zero attached hydrogens (tertiary/aromatic N) is 3. The quantitative estimate of drug-likeness (QED) is 0.876. The number of carbonyl (C=O) groups is 1. The molecule has 0 bridgehead atoms. The minimum Gasteiger partial charge on any atom is -0.370 e. The minimum atomic E-state index is -0.356. The number of benzene rings is 1. The molecule has 1 aromatic heterocycles. The number of hydrogen-bond acceptors (Lipinski definition) is 3. The first-order valence-corrected chi connectivity index (χ1v) is 8.70. The first-order chi connectivity index (χ1) is 12.1. The summed E-state index contributed by atoms with van der Waals surface area (Å²) in [5.41, 5.74) is 2.43. The monoisotopic (exact) mass is 345 g/mol. The Morgan fingerprint density at radius 2 is 2.04 bits per heavy atom. The van der Waals surface area contributed by atoms with Crippen molar-refractivity contribution in [2.45, 2.75) is 25.7 Å². The molecule has 1 saturated heterocycles. The van der Waals surface area contributed by atoms with Gasteiger partial charge in [0.2, 0.25) is 0 Å². The molecule has 1 aromatic carbocycles. The van der Waals surface area contributed by atoms with Crippen molar-refractivity contribution in [3.63, 3.8) is 0 Å². The van der Waals surface area contributed by atoms with E-state index in [0.29, 0.717) is 18.7 Å². The van der Waals surface area contributed by atoms with E-state index < -0.39 is 0 Å². The molecule has 134 valence electrons. The molecule has 2 aromatic rings. The van der Waals surface area contributed by atoms with Crippen molar-refractivity contribution < 1.29 is 9.18 Å². The molecule has 3 rings (SSSR count). The second-order valence-electron chi connectivity index (χ2n) is 6.29. The van der Waals surface area contributed by atoms with Crippen LogP contribution >= 0.6 is 0 Å². The Bertz CT molecular complexity index is 724. The summed E-state index contributed by atoms with van der Waals surface area (Å²) in [6.45, 7) is 2.35. The Kier molecular flexibility index (Phi) is 5.53. The van der Waals surface area contributed by atoms with Crippen molar-refractivity contribution in [1.29, 1.82) is 0 Å². The summed E-state index contributed by atoms with van der Waals surface area (Å²) in [5, 5.41) is 9.70. The van der Waals surface area contributed by atoms with Crippen LogP contribution < -0.4 is 15.5 Å². The van der Waals surface area contributed by atoms with Gasteiger partial charge in [0.15, 0.2) is 0 Å². The molecule has 0 aliphatic carbocycles. The fourth-order valence-corrected chi connectivity index (χ4v) is 3.14. The van der Waals surface area contributed by atoms with Gasteiger partial charge in [0.25, 0.3) is 0 Å². The summed E-state index contributed by atoms with van der Waals surface area (Å²) in [4.78, 5) is 14.4. The Morgan fingerprint density at radius 1 is 1.24 bits per heavy atom. The van der Waals surface area contributed by atoms with Crippen molar-refractivity contribution in [2.24, 2.45) is 7.05 Å². The van der Waals surface area contributed by atoms with Crippen molar-refractivity contribution in [2.75, 3.05) is 29.9 Å². The maximum absolute atomic E-state index is 13.6. The van der Waals surface area contributed by atoms with Gasteiger partial charge in [-0.25, -0.2) is 9.18 Å². The number of aryl methyl sites for hydroxylation is 1. The third-order valence-electron chi connectivity index (χ3n) is 4.49. The van der Waals surface area contributed by atoms with E-state index in [4.69, 9.17) is 0 Å². The average molecular weight is 345 g/mol. The van der Waals surface area contributed by atoms with Gasteiger partial charge in [0.05, 0.1) is 11.4 Å². The number of carbonyl (C=O) groups excluding carboxylic acids is 1. The number of urea groups is 1. The van der Waals surface area contributed by atoms with Gasteiger partial charge in [-0.15, -0.1) is 0 Å². The lowest BCUT2D eigenvalue weighted by Crippen LogP contribution is -2.33. The van der Waals surface area contributed by atoms with E-state index in [1.165, 1.54) is 18.6 Å². The highest BCUT2D eigenvalue weighted by Gasteiger charge is 2.16. The molecule has 1 fully saturated rings. The van der Waals surface area contributed by atoms with E-state index in [0.717, 1.165) is 37.3 Å². The zero-order chi connectivity index (χ0) is 17.6. The number of aromatic nitrogens is 2. The Morgan fingerprint density at radius 3 is 2.76 bits per heavy atom. The van der Waals surface area contributed by atoms with E-state index in [1.54, 1.807) is 16.9 Å². The lowest BCUT2D eigenvalue weighted by Gasteiger charge is -2.30. The number of nitrogens with one attached hydrogen (secondary N) is 2. The van der Waals surface area contributed by atoms with Crippen molar-refractivity contribution in [1.82, 2.24) is 15.1 Å². The molecule has 0 saturated carbocycles. The van der Waals surface area contributed by atoms with E-state index in [2.05, 4.69) is 20.6 Å². The van der Waals surface area contributed by atoms with Crippen LogP contribution in [0.25, 0.3) is 0 Å². The van der Waals surface area contributed by atoms with Crippen LogP contribution in [0.4, 0.5) is 20.6 Å². The maximum atomic E-state index is 13.6. The number of hydrogen-bond donors (Lipinski definition) is 2. The highest BCUT2D eigenvalue weighted by molar-refractivity contribution is 5.93. The van der Waals surface area contributed by atoms with Crippen LogP contribution in [0.3, 0.4) is 0 Å². The smallest absolute Gasteiger partial charge is 0.319 e.